The van der Waals surface area contributed by atoms with Crippen molar-refractivity contribution in [3.63, 3.8) is 0 Å². The summed E-state index contributed by atoms with van der Waals surface area (Å²) in [5, 5.41) is 13.9. The van der Waals surface area contributed by atoms with Crippen LogP contribution in [0.2, 0.25) is 0 Å². The molecule has 0 saturated carbocycles. The Hall–Kier alpha value is -3.93. The van der Waals surface area contributed by atoms with Crippen LogP contribution in [0, 0.1) is 13.8 Å². The van der Waals surface area contributed by atoms with Crippen LogP contribution in [0.1, 0.15) is 30.3 Å². The number of hydrogen-bond donors (Lipinski definition) is 1. The van der Waals surface area contributed by atoms with E-state index in [0.717, 1.165) is 17.8 Å². The van der Waals surface area contributed by atoms with Crippen molar-refractivity contribution >= 4 is 33.4 Å². The summed E-state index contributed by atoms with van der Waals surface area (Å²) in [5.41, 5.74) is 3.18. The van der Waals surface area contributed by atoms with E-state index in [4.69, 9.17) is 4.42 Å². The number of thiazole rings is 1. The quantitative estimate of drug-likeness (QED) is 0.330. The number of amides is 1. The standard InChI is InChI=1S/C23H21F2N7O2S/c1-4-31-13(3)15(9-26-31)17-11-35-23(28-17)29-19(33)10-32-22-20(12(2)30-32)14(21(24)25)8-16(27-22)18-6-5-7-34-18/h5-9,11,21H,4,10H2,1-3H3,(H,28,29,33). The molecule has 180 valence electrons. The second-order valence-corrected chi connectivity index (χ2v) is 8.72. The van der Waals surface area contributed by atoms with E-state index in [1.54, 1.807) is 25.3 Å². The second kappa shape index (κ2) is 9.02. The van der Waals surface area contributed by atoms with E-state index >= 15 is 0 Å². The zero-order chi connectivity index (χ0) is 24.7. The molecule has 1 amide bonds. The Morgan fingerprint density at radius 2 is 2.06 bits per heavy atom. The van der Waals surface area contributed by atoms with E-state index in [2.05, 4.69) is 25.5 Å². The fourth-order valence-electron chi connectivity index (χ4n) is 3.99. The fraction of sp³-hybridized carbons (Fsp3) is 0.261. The highest BCUT2D eigenvalue weighted by atomic mass is 32.1. The van der Waals surface area contributed by atoms with Crippen LogP contribution in [-0.4, -0.2) is 35.4 Å². The minimum Gasteiger partial charge on any atom is -0.463 e. The Labute approximate surface area is 202 Å². The predicted molar refractivity (Wildman–Crippen MR) is 127 cm³/mol. The number of furan rings is 1. The number of nitrogens with one attached hydrogen (secondary N) is 1. The number of hydrogen-bond acceptors (Lipinski definition) is 7. The van der Waals surface area contributed by atoms with Gasteiger partial charge in [-0.25, -0.2) is 23.4 Å². The van der Waals surface area contributed by atoms with E-state index in [0.29, 0.717) is 22.3 Å². The van der Waals surface area contributed by atoms with Gasteiger partial charge in [0.1, 0.15) is 12.2 Å². The SMILES string of the molecule is CCn1ncc(-c2csc(NC(=O)Cn3nc(C)c4c(C(F)F)cc(-c5ccco5)nc43)n2)c1C. The average Bonchev–Trinajstić information content (AvgIpc) is 3.62. The minimum absolute atomic E-state index is 0.185. The lowest BCUT2D eigenvalue weighted by Crippen LogP contribution is -2.19. The minimum atomic E-state index is -2.74. The summed E-state index contributed by atoms with van der Waals surface area (Å²) in [7, 11) is 0. The number of anilines is 1. The van der Waals surface area contributed by atoms with Crippen molar-refractivity contribution in [1.82, 2.24) is 29.5 Å². The average molecular weight is 498 g/mol. The van der Waals surface area contributed by atoms with Gasteiger partial charge in [-0.05, 0) is 39.0 Å². The highest BCUT2D eigenvalue weighted by Gasteiger charge is 2.23. The molecule has 5 heterocycles. The van der Waals surface area contributed by atoms with Crippen molar-refractivity contribution < 1.29 is 18.0 Å². The van der Waals surface area contributed by atoms with Crippen LogP contribution in [0.4, 0.5) is 13.9 Å². The van der Waals surface area contributed by atoms with Gasteiger partial charge in [-0.3, -0.25) is 9.48 Å². The number of carbonyl (C=O) groups excluding carboxylic acids is 1. The van der Waals surface area contributed by atoms with E-state index in [1.165, 1.54) is 28.3 Å². The van der Waals surface area contributed by atoms with Gasteiger partial charge in [-0.1, -0.05) is 0 Å². The predicted octanol–water partition coefficient (Wildman–Crippen LogP) is 5.22. The van der Waals surface area contributed by atoms with Gasteiger partial charge >= 0.3 is 0 Å². The molecule has 0 fully saturated rings. The van der Waals surface area contributed by atoms with Gasteiger partial charge in [0.2, 0.25) is 5.91 Å². The molecular formula is C23H21F2N7O2S. The number of pyridine rings is 1. The first kappa shape index (κ1) is 22.8. The Morgan fingerprint density at radius 3 is 2.74 bits per heavy atom. The van der Waals surface area contributed by atoms with Crippen molar-refractivity contribution in [3.05, 3.63) is 53.0 Å². The summed E-state index contributed by atoms with van der Waals surface area (Å²) < 4.78 is 36.3. The summed E-state index contributed by atoms with van der Waals surface area (Å²) in [6.07, 6.45) is 0.450. The van der Waals surface area contributed by atoms with E-state index < -0.39 is 12.3 Å². The molecule has 0 saturated heterocycles. The van der Waals surface area contributed by atoms with Crippen LogP contribution < -0.4 is 5.32 Å². The van der Waals surface area contributed by atoms with Crippen molar-refractivity contribution in [2.24, 2.45) is 0 Å². The summed E-state index contributed by atoms with van der Waals surface area (Å²) in [4.78, 5) is 21.8. The molecule has 5 aromatic rings. The van der Waals surface area contributed by atoms with Gasteiger partial charge in [-0.15, -0.1) is 11.3 Å². The maximum absolute atomic E-state index is 13.9. The summed E-state index contributed by atoms with van der Waals surface area (Å²) in [5.74, 6) is -0.0549. The second-order valence-electron chi connectivity index (χ2n) is 7.86. The van der Waals surface area contributed by atoms with Crippen molar-refractivity contribution in [2.75, 3.05) is 5.32 Å². The zero-order valence-electron chi connectivity index (χ0n) is 19.1. The third-order valence-corrected chi connectivity index (χ3v) is 6.40. The molecule has 5 aromatic heterocycles. The number of halogens is 2. The van der Waals surface area contributed by atoms with E-state index in [9.17, 15) is 13.6 Å². The third kappa shape index (κ3) is 4.20. The van der Waals surface area contributed by atoms with Gasteiger partial charge in [0.05, 0.1) is 29.2 Å². The first-order valence-electron chi connectivity index (χ1n) is 10.8. The number of aromatic nitrogens is 6. The van der Waals surface area contributed by atoms with Crippen molar-refractivity contribution in [2.45, 2.75) is 40.3 Å². The molecule has 1 N–H and O–H groups in total. The molecule has 0 bridgehead atoms. The number of nitrogens with zero attached hydrogens (tertiary/aromatic N) is 6. The van der Waals surface area contributed by atoms with E-state index in [-0.39, 0.29) is 28.8 Å². The third-order valence-electron chi connectivity index (χ3n) is 5.64. The highest BCUT2D eigenvalue weighted by Crippen LogP contribution is 2.33. The van der Waals surface area contributed by atoms with Gasteiger partial charge < -0.3 is 9.73 Å². The van der Waals surface area contributed by atoms with Crippen LogP contribution in [0.5, 0.6) is 0 Å². The van der Waals surface area contributed by atoms with Crippen LogP contribution >= 0.6 is 11.3 Å². The van der Waals surface area contributed by atoms with Crippen molar-refractivity contribution in [3.8, 4) is 22.7 Å². The maximum Gasteiger partial charge on any atom is 0.264 e. The highest BCUT2D eigenvalue weighted by molar-refractivity contribution is 7.14. The number of aryl methyl sites for hydroxylation is 2. The van der Waals surface area contributed by atoms with Gasteiger partial charge in [0.25, 0.3) is 6.43 Å². The molecule has 5 rings (SSSR count). The zero-order valence-corrected chi connectivity index (χ0v) is 19.9. The number of alkyl halides is 2. The summed E-state index contributed by atoms with van der Waals surface area (Å²) >= 11 is 1.29. The molecule has 0 aliphatic heterocycles. The molecule has 0 radical (unpaired) electrons. The lowest BCUT2D eigenvalue weighted by Gasteiger charge is -2.07. The van der Waals surface area contributed by atoms with Gasteiger partial charge in [-0.2, -0.15) is 10.2 Å². The maximum atomic E-state index is 13.9. The number of fused-ring (bicyclic) bond motifs is 1. The Morgan fingerprint density at radius 1 is 1.23 bits per heavy atom. The first-order valence-corrected chi connectivity index (χ1v) is 11.7. The normalized spacial score (nSPS) is 11.6. The van der Waals surface area contributed by atoms with Gasteiger partial charge in [0.15, 0.2) is 16.5 Å². The van der Waals surface area contributed by atoms with Crippen LogP contribution in [0.3, 0.4) is 0 Å². The van der Waals surface area contributed by atoms with E-state index in [1.807, 2.05) is 23.9 Å². The Balaban J connectivity index is 1.42. The van der Waals surface area contributed by atoms with Crippen molar-refractivity contribution in [1.29, 1.82) is 0 Å². The van der Waals surface area contributed by atoms with Crippen LogP contribution in [0.25, 0.3) is 33.7 Å². The largest absolute Gasteiger partial charge is 0.463 e. The molecule has 0 aliphatic rings. The molecule has 0 aliphatic carbocycles. The summed E-state index contributed by atoms with van der Waals surface area (Å²) in [6.45, 7) is 6.12. The molecule has 0 aromatic carbocycles. The smallest absolute Gasteiger partial charge is 0.264 e. The fourth-order valence-corrected chi connectivity index (χ4v) is 4.71. The topological polar surface area (TPSA) is 104 Å². The Kier molecular flexibility index (Phi) is 5.89. The number of rotatable bonds is 7. The molecule has 0 unspecified atom stereocenters. The molecule has 9 nitrogen and oxygen atoms in total. The number of carbonyl (C=O) groups is 1. The molecule has 0 atom stereocenters. The lowest BCUT2D eigenvalue weighted by atomic mass is 10.1. The molecular weight excluding hydrogens is 476 g/mol. The molecule has 35 heavy (non-hydrogen) atoms. The molecule has 0 spiro atoms. The van der Waals surface area contributed by atoms with Crippen LogP contribution in [-0.2, 0) is 17.9 Å². The monoisotopic (exact) mass is 497 g/mol. The van der Waals surface area contributed by atoms with Crippen LogP contribution in [0.15, 0.2) is 40.5 Å². The summed E-state index contributed by atoms with van der Waals surface area (Å²) in [6, 6.07) is 4.58. The first-order chi connectivity index (χ1) is 16.9. The Bertz CT molecular complexity index is 1520. The molecule has 12 heteroatoms. The lowest BCUT2D eigenvalue weighted by molar-refractivity contribution is -0.116. The van der Waals surface area contributed by atoms with Gasteiger partial charge in [0, 0.05) is 28.7 Å².